The van der Waals surface area contributed by atoms with E-state index in [1.54, 1.807) is 0 Å². The molecule has 1 aliphatic carbocycles. The molecule has 0 bridgehead atoms. The standard InChI is InChI=1S/C21H28F10O7S/c1-13(12-37-10-6-5-9-17(22,23)21(30,31)39(34,35)36)16(32)38-15(11-14-7-3-2-4-8-14)18(33,19(24,25)26)20(27,28)29/h14-15,33H,1-12H2,(H,34,35,36). The van der Waals surface area contributed by atoms with Gasteiger partial charge in [-0.2, -0.15) is 52.3 Å². The summed E-state index contributed by atoms with van der Waals surface area (Å²) in [5, 5.41) is 4.03. The van der Waals surface area contributed by atoms with Crippen molar-refractivity contribution in [3.63, 3.8) is 0 Å². The molecule has 1 unspecified atom stereocenters. The Morgan fingerprint density at radius 3 is 1.90 bits per heavy atom. The lowest BCUT2D eigenvalue weighted by molar-refractivity contribution is -0.392. The van der Waals surface area contributed by atoms with Crippen LogP contribution >= 0.6 is 0 Å². The molecule has 18 heteroatoms. The highest BCUT2D eigenvalue weighted by Gasteiger charge is 2.75. The molecule has 39 heavy (non-hydrogen) atoms. The average Bonchev–Trinajstić information content (AvgIpc) is 2.78. The second-order valence-electron chi connectivity index (χ2n) is 9.21. The van der Waals surface area contributed by atoms with Crippen LogP contribution in [0.3, 0.4) is 0 Å². The smallest absolute Gasteiger partial charge is 0.431 e. The summed E-state index contributed by atoms with van der Waals surface area (Å²) in [5.41, 5.74) is -6.18. The van der Waals surface area contributed by atoms with Gasteiger partial charge in [0.1, 0.15) is 6.10 Å². The molecular weight excluding hydrogens is 586 g/mol. The van der Waals surface area contributed by atoms with Crippen molar-refractivity contribution < 1.29 is 76.2 Å². The summed E-state index contributed by atoms with van der Waals surface area (Å²) in [4.78, 5) is 12.2. The van der Waals surface area contributed by atoms with E-state index in [-0.39, 0.29) is 12.8 Å². The minimum Gasteiger partial charge on any atom is -0.455 e. The third-order valence-corrected chi connectivity index (χ3v) is 7.14. The van der Waals surface area contributed by atoms with Gasteiger partial charge < -0.3 is 14.6 Å². The lowest BCUT2D eigenvalue weighted by Gasteiger charge is -2.39. The topological polar surface area (TPSA) is 110 Å². The van der Waals surface area contributed by atoms with Crippen LogP contribution in [0, 0.1) is 5.92 Å². The SMILES string of the molecule is C=C(COCCCCC(F)(F)C(F)(F)S(=O)(=O)O)C(=O)OC(CC1CCCCC1)C(O)(C(F)(F)F)C(F)(F)F. The molecule has 1 rings (SSSR count). The van der Waals surface area contributed by atoms with Crippen LogP contribution in [0.25, 0.3) is 0 Å². The van der Waals surface area contributed by atoms with Gasteiger partial charge in [0.2, 0.25) is 0 Å². The number of ether oxygens (including phenoxy) is 2. The number of carbonyl (C=O) groups excluding carboxylic acids is 1. The Hall–Kier alpha value is -1.66. The van der Waals surface area contributed by atoms with Crippen molar-refractivity contribution in [2.45, 2.75) is 93.0 Å². The summed E-state index contributed by atoms with van der Waals surface area (Å²) in [6.07, 6.45) is -17.2. The van der Waals surface area contributed by atoms with Gasteiger partial charge in [-0.05, 0) is 25.2 Å². The van der Waals surface area contributed by atoms with E-state index < -0.39 is 102 Å². The monoisotopic (exact) mass is 614 g/mol. The van der Waals surface area contributed by atoms with E-state index in [2.05, 4.69) is 11.3 Å². The van der Waals surface area contributed by atoms with Gasteiger partial charge in [0.25, 0.3) is 5.60 Å². The second kappa shape index (κ2) is 12.9. The Labute approximate surface area is 217 Å². The number of hydrogen-bond acceptors (Lipinski definition) is 6. The first-order valence-corrected chi connectivity index (χ1v) is 13.0. The van der Waals surface area contributed by atoms with Crippen LogP contribution < -0.4 is 0 Å². The van der Waals surface area contributed by atoms with E-state index in [0.717, 1.165) is 0 Å². The van der Waals surface area contributed by atoms with E-state index in [4.69, 9.17) is 9.29 Å². The number of esters is 1. The molecule has 0 spiro atoms. The highest BCUT2D eigenvalue weighted by molar-refractivity contribution is 7.87. The highest BCUT2D eigenvalue weighted by atomic mass is 32.2. The van der Waals surface area contributed by atoms with E-state index in [1.165, 1.54) is 0 Å². The van der Waals surface area contributed by atoms with E-state index >= 15 is 0 Å². The van der Waals surface area contributed by atoms with Crippen LogP contribution in [0.4, 0.5) is 43.9 Å². The van der Waals surface area contributed by atoms with Crippen molar-refractivity contribution in [2.75, 3.05) is 13.2 Å². The second-order valence-corrected chi connectivity index (χ2v) is 10.7. The molecular formula is C21H28F10O7S. The molecule has 0 heterocycles. The predicted octanol–water partition coefficient (Wildman–Crippen LogP) is 5.58. The Bertz CT molecular complexity index is 928. The van der Waals surface area contributed by atoms with Crippen molar-refractivity contribution in [2.24, 2.45) is 5.92 Å². The summed E-state index contributed by atoms with van der Waals surface area (Å²) in [6.45, 7) is 1.69. The largest absolute Gasteiger partial charge is 0.455 e. The number of carbonyl (C=O) groups is 1. The number of aliphatic hydroxyl groups is 1. The summed E-state index contributed by atoms with van der Waals surface area (Å²) in [5.74, 6) is -7.61. The molecule has 2 N–H and O–H groups in total. The van der Waals surface area contributed by atoms with Crippen molar-refractivity contribution in [1.82, 2.24) is 0 Å². The lowest BCUT2D eigenvalue weighted by Crippen LogP contribution is -2.65. The number of unbranched alkanes of at least 4 members (excludes halogenated alkanes) is 1. The molecule has 1 atom stereocenters. The molecule has 1 fully saturated rings. The molecule has 0 aromatic heterocycles. The first-order valence-electron chi connectivity index (χ1n) is 11.5. The van der Waals surface area contributed by atoms with Crippen LogP contribution in [0.15, 0.2) is 12.2 Å². The molecule has 0 aliphatic heterocycles. The minimum absolute atomic E-state index is 0.249. The zero-order chi connectivity index (χ0) is 30.5. The lowest BCUT2D eigenvalue weighted by atomic mass is 9.80. The van der Waals surface area contributed by atoms with E-state index in [0.29, 0.717) is 19.3 Å². The molecule has 0 aromatic carbocycles. The molecule has 0 amide bonds. The number of rotatable bonds is 14. The fourth-order valence-electron chi connectivity index (χ4n) is 3.91. The Kier molecular flexibility index (Phi) is 11.7. The van der Waals surface area contributed by atoms with Gasteiger partial charge in [-0.15, -0.1) is 0 Å². The normalized spacial score (nSPS) is 17.6. The summed E-state index contributed by atoms with van der Waals surface area (Å²) >= 11 is 0. The van der Waals surface area contributed by atoms with Gasteiger partial charge in [-0.3, -0.25) is 4.55 Å². The molecule has 0 saturated heterocycles. The van der Waals surface area contributed by atoms with Gasteiger partial charge in [-0.25, -0.2) is 4.79 Å². The van der Waals surface area contributed by atoms with E-state index in [1.807, 2.05) is 0 Å². The molecule has 0 radical (unpaired) electrons. The van der Waals surface area contributed by atoms with Gasteiger partial charge in [0, 0.05) is 13.0 Å². The van der Waals surface area contributed by atoms with Crippen LogP contribution in [0.5, 0.6) is 0 Å². The van der Waals surface area contributed by atoms with Crippen LogP contribution in [0.2, 0.25) is 0 Å². The Balaban J connectivity index is 2.78. The first-order chi connectivity index (χ1) is 17.5. The number of hydrogen-bond donors (Lipinski definition) is 2. The number of halogens is 10. The van der Waals surface area contributed by atoms with Gasteiger partial charge in [0.05, 0.1) is 12.2 Å². The maximum Gasteiger partial charge on any atom is 0.431 e. The number of alkyl halides is 10. The summed E-state index contributed by atoms with van der Waals surface area (Å²) < 4.78 is 172. The average molecular weight is 614 g/mol. The van der Waals surface area contributed by atoms with Gasteiger partial charge in [-0.1, -0.05) is 38.7 Å². The molecule has 230 valence electrons. The van der Waals surface area contributed by atoms with Crippen molar-refractivity contribution in [3.05, 3.63) is 12.2 Å². The Morgan fingerprint density at radius 2 is 1.44 bits per heavy atom. The molecule has 1 saturated carbocycles. The van der Waals surface area contributed by atoms with Gasteiger partial charge >= 0.3 is 39.6 Å². The minimum atomic E-state index is -6.41. The molecule has 1 aliphatic rings. The zero-order valence-corrected chi connectivity index (χ0v) is 21.1. The van der Waals surface area contributed by atoms with E-state index in [9.17, 15) is 62.2 Å². The maximum atomic E-state index is 13.4. The highest BCUT2D eigenvalue weighted by Crippen LogP contribution is 2.48. The first kappa shape index (κ1) is 35.4. The van der Waals surface area contributed by atoms with Crippen LogP contribution in [0.1, 0.15) is 57.8 Å². The van der Waals surface area contributed by atoms with Crippen molar-refractivity contribution in [3.8, 4) is 0 Å². The van der Waals surface area contributed by atoms with Crippen molar-refractivity contribution in [1.29, 1.82) is 0 Å². The van der Waals surface area contributed by atoms with Crippen LogP contribution in [-0.2, 0) is 24.4 Å². The molecule has 7 nitrogen and oxygen atoms in total. The quantitative estimate of drug-likeness (QED) is 0.0864. The predicted molar refractivity (Wildman–Crippen MR) is 113 cm³/mol. The van der Waals surface area contributed by atoms with Crippen LogP contribution in [-0.4, -0.2) is 72.5 Å². The maximum absolute atomic E-state index is 13.4. The molecule has 0 aromatic rings. The van der Waals surface area contributed by atoms with Crippen molar-refractivity contribution >= 4 is 16.1 Å². The van der Waals surface area contributed by atoms with Gasteiger partial charge in [0.15, 0.2) is 0 Å². The Morgan fingerprint density at radius 1 is 0.923 bits per heavy atom. The fourth-order valence-corrected chi connectivity index (χ4v) is 4.39. The summed E-state index contributed by atoms with van der Waals surface area (Å²) in [7, 11) is -6.41. The zero-order valence-electron chi connectivity index (χ0n) is 20.3. The summed E-state index contributed by atoms with van der Waals surface area (Å²) in [6, 6.07) is 0. The third-order valence-electron chi connectivity index (χ3n) is 6.20. The third kappa shape index (κ3) is 8.66. The fraction of sp³-hybridized carbons (Fsp3) is 0.857.